The van der Waals surface area contributed by atoms with Crippen LogP contribution in [0.3, 0.4) is 0 Å². The molecular formula is C19H21F2NO3S. The summed E-state index contributed by atoms with van der Waals surface area (Å²) in [6.45, 7) is 5.35. The number of oxime groups is 1. The fourth-order valence-electron chi connectivity index (χ4n) is 2.73. The fourth-order valence-corrected chi connectivity index (χ4v) is 3.77. The molecule has 1 unspecified atom stereocenters. The van der Waals surface area contributed by atoms with Crippen molar-refractivity contribution in [3.8, 4) is 0 Å². The van der Waals surface area contributed by atoms with E-state index in [1.165, 1.54) is 23.9 Å². The summed E-state index contributed by atoms with van der Waals surface area (Å²) in [5.74, 6) is -1.25. The molecule has 1 aromatic rings. The zero-order chi connectivity index (χ0) is 19.1. The van der Waals surface area contributed by atoms with Gasteiger partial charge in [-0.1, -0.05) is 17.8 Å². The van der Waals surface area contributed by atoms with Gasteiger partial charge in [0, 0.05) is 17.7 Å². The summed E-state index contributed by atoms with van der Waals surface area (Å²) < 4.78 is 26.1. The maximum absolute atomic E-state index is 13.2. The van der Waals surface area contributed by atoms with Gasteiger partial charge < -0.3 is 9.94 Å². The smallest absolute Gasteiger partial charge is 0.168 e. The van der Waals surface area contributed by atoms with E-state index >= 15 is 0 Å². The first kappa shape index (κ1) is 20.2. The molecule has 1 N–H and O–H groups in total. The molecule has 0 saturated heterocycles. The van der Waals surface area contributed by atoms with Gasteiger partial charge in [-0.15, -0.1) is 11.8 Å². The third-order valence-corrected chi connectivity index (χ3v) is 4.99. The zero-order valence-corrected chi connectivity index (χ0v) is 15.3. The number of hydrogen-bond donors (Lipinski definition) is 1. The summed E-state index contributed by atoms with van der Waals surface area (Å²) in [4.78, 5) is 17.9. The van der Waals surface area contributed by atoms with Crippen molar-refractivity contribution in [2.45, 2.75) is 31.1 Å². The van der Waals surface area contributed by atoms with E-state index in [-0.39, 0.29) is 29.6 Å². The third-order valence-electron chi connectivity index (χ3n) is 3.97. The van der Waals surface area contributed by atoms with Crippen LogP contribution >= 0.6 is 11.8 Å². The van der Waals surface area contributed by atoms with E-state index in [4.69, 9.17) is 4.84 Å². The Bertz CT molecular complexity index is 746. The van der Waals surface area contributed by atoms with Crippen molar-refractivity contribution < 1.29 is 23.5 Å². The normalized spacial score (nSPS) is 18.2. The maximum atomic E-state index is 13.2. The molecule has 0 saturated carbocycles. The molecule has 1 atom stereocenters. The predicted octanol–water partition coefficient (Wildman–Crippen LogP) is 4.82. The average molecular weight is 381 g/mol. The van der Waals surface area contributed by atoms with Crippen molar-refractivity contribution in [3.63, 3.8) is 0 Å². The number of halogens is 2. The predicted molar refractivity (Wildman–Crippen MR) is 98.3 cm³/mol. The van der Waals surface area contributed by atoms with Gasteiger partial charge in [0.2, 0.25) is 0 Å². The van der Waals surface area contributed by atoms with Gasteiger partial charge in [0.15, 0.2) is 17.4 Å². The molecule has 26 heavy (non-hydrogen) atoms. The lowest BCUT2D eigenvalue weighted by molar-refractivity contribution is -0.116. The maximum Gasteiger partial charge on any atom is 0.168 e. The molecule has 0 aromatic heterocycles. The van der Waals surface area contributed by atoms with Gasteiger partial charge in [0.25, 0.3) is 0 Å². The summed E-state index contributed by atoms with van der Waals surface area (Å²) in [6.07, 6.45) is 2.91. The highest BCUT2D eigenvalue weighted by Gasteiger charge is 2.29. The lowest BCUT2D eigenvalue weighted by Crippen LogP contribution is -2.24. The number of carbonyl (C=O) groups is 1. The van der Waals surface area contributed by atoms with Crippen molar-refractivity contribution >= 4 is 23.3 Å². The van der Waals surface area contributed by atoms with Crippen LogP contribution in [-0.4, -0.2) is 29.0 Å². The lowest BCUT2D eigenvalue weighted by Gasteiger charge is -2.23. The number of aliphatic hydroxyl groups excluding tert-OH is 1. The summed E-state index contributed by atoms with van der Waals surface area (Å²) in [5, 5.41) is 14.0. The van der Waals surface area contributed by atoms with E-state index < -0.39 is 11.6 Å². The molecule has 0 aliphatic heterocycles. The lowest BCUT2D eigenvalue weighted by atomic mass is 9.84. The highest BCUT2D eigenvalue weighted by Crippen LogP contribution is 2.31. The van der Waals surface area contributed by atoms with E-state index in [1.807, 2.05) is 0 Å². The number of aliphatic hydroxyl groups is 1. The molecule has 1 aliphatic rings. The first-order chi connectivity index (χ1) is 12.4. The number of Topliss-reactive ketones (excluding diaryl/α,β-unsaturated/α-hetero) is 1. The van der Waals surface area contributed by atoms with Gasteiger partial charge in [-0.05, 0) is 43.2 Å². The molecule has 0 amide bonds. The molecule has 0 radical (unpaired) electrons. The summed E-state index contributed by atoms with van der Waals surface area (Å²) in [6, 6.07) is 3.78. The molecule has 0 spiro atoms. The summed E-state index contributed by atoms with van der Waals surface area (Å²) in [5.41, 5.74) is 0.572. The second-order valence-electron chi connectivity index (χ2n) is 5.99. The second kappa shape index (κ2) is 9.52. The molecule has 4 nitrogen and oxygen atoms in total. The topological polar surface area (TPSA) is 58.9 Å². The molecule has 140 valence electrons. The van der Waals surface area contributed by atoms with Crippen LogP contribution in [0.25, 0.3) is 0 Å². The van der Waals surface area contributed by atoms with Crippen molar-refractivity contribution in [1.82, 2.24) is 0 Å². The number of nitrogens with zero attached hydrogens (tertiary/aromatic N) is 1. The standard InChI is InChI=1S/C19H21F2NO3S/c1-3-7-25-22-12(2)19-17(23)9-13(10-18(19)24)6-8-26-14-4-5-15(20)16(21)11-14/h3-5,11,13,23H,1,6-10H2,2H3. The third kappa shape index (κ3) is 5.42. The Hall–Kier alpha value is -2.15. The molecule has 2 rings (SSSR count). The minimum atomic E-state index is -0.874. The number of thioether (sulfide) groups is 1. The highest BCUT2D eigenvalue weighted by molar-refractivity contribution is 7.99. The summed E-state index contributed by atoms with van der Waals surface area (Å²) >= 11 is 1.39. The number of ketones is 1. The average Bonchev–Trinajstić information content (AvgIpc) is 2.58. The van der Waals surface area contributed by atoms with Gasteiger partial charge >= 0.3 is 0 Å². The first-order valence-corrected chi connectivity index (χ1v) is 9.22. The van der Waals surface area contributed by atoms with Crippen LogP contribution in [0.15, 0.2) is 52.2 Å². The monoisotopic (exact) mass is 381 g/mol. The van der Waals surface area contributed by atoms with Gasteiger partial charge in [-0.2, -0.15) is 0 Å². The Kier molecular flexibility index (Phi) is 7.38. The Morgan fingerprint density at radius 2 is 2.19 bits per heavy atom. The van der Waals surface area contributed by atoms with Crippen LogP contribution < -0.4 is 0 Å². The Labute approximate surface area is 155 Å². The SMILES string of the molecule is C=CCON=C(C)C1=C(O)CC(CCSc2ccc(F)c(F)c2)CC1=O. The van der Waals surface area contributed by atoms with E-state index in [0.717, 1.165) is 12.1 Å². The van der Waals surface area contributed by atoms with Gasteiger partial charge in [-0.3, -0.25) is 4.79 Å². The van der Waals surface area contributed by atoms with Gasteiger partial charge in [0.1, 0.15) is 12.4 Å². The van der Waals surface area contributed by atoms with E-state index in [2.05, 4.69) is 11.7 Å². The number of rotatable bonds is 8. The molecular weight excluding hydrogens is 360 g/mol. The largest absolute Gasteiger partial charge is 0.511 e. The summed E-state index contributed by atoms with van der Waals surface area (Å²) in [7, 11) is 0. The van der Waals surface area contributed by atoms with Crippen molar-refractivity contribution in [2.75, 3.05) is 12.4 Å². The Balaban J connectivity index is 1.91. The second-order valence-corrected chi connectivity index (χ2v) is 7.16. The van der Waals surface area contributed by atoms with E-state index in [0.29, 0.717) is 35.6 Å². The number of hydrogen-bond acceptors (Lipinski definition) is 5. The van der Waals surface area contributed by atoms with Crippen LogP contribution in [0.5, 0.6) is 0 Å². The number of benzene rings is 1. The molecule has 7 heteroatoms. The molecule has 0 bridgehead atoms. The van der Waals surface area contributed by atoms with Crippen LogP contribution in [0, 0.1) is 17.6 Å². The molecule has 1 aromatic carbocycles. The van der Waals surface area contributed by atoms with Crippen molar-refractivity contribution in [1.29, 1.82) is 0 Å². The van der Waals surface area contributed by atoms with E-state index in [1.54, 1.807) is 6.92 Å². The van der Waals surface area contributed by atoms with Crippen LogP contribution in [-0.2, 0) is 9.63 Å². The molecule has 0 heterocycles. The van der Waals surface area contributed by atoms with Crippen molar-refractivity contribution in [2.24, 2.45) is 11.1 Å². The number of carbonyl (C=O) groups excluding carboxylic acids is 1. The van der Waals surface area contributed by atoms with Gasteiger partial charge in [-0.25, -0.2) is 8.78 Å². The zero-order valence-electron chi connectivity index (χ0n) is 14.5. The highest BCUT2D eigenvalue weighted by atomic mass is 32.2. The Morgan fingerprint density at radius 1 is 1.42 bits per heavy atom. The van der Waals surface area contributed by atoms with Crippen LogP contribution in [0.1, 0.15) is 26.2 Å². The minimum absolute atomic E-state index is 0.00550. The van der Waals surface area contributed by atoms with Crippen LogP contribution in [0.2, 0.25) is 0 Å². The Morgan fingerprint density at radius 3 is 2.85 bits per heavy atom. The number of allylic oxidation sites excluding steroid dienone is 2. The first-order valence-electron chi connectivity index (χ1n) is 8.23. The van der Waals surface area contributed by atoms with E-state index in [9.17, 15) is 18.7 Å². The van der Waals surface area contributed by atoms with Crippen molar-refractivity contribution in [3.05, 3.63) is 53.8 Å². The quantitative estimate of drug-likeness (QED) is 0.231. The minimum Gasteiger partial charge on any atom is -0.511 e. The van der Waals surface area contributed by atoms with Crippen LogP contribution in [0.4, 0.5) is 8.78 Å². The van der Waals surface area contributed by atoms with Gasteiger partial charge in [0.05, 0.1) is 11.3 Å². The molecule has 1 aliphatic carbocycles. The molecule has 0 fully saturated rings. The fraction of sp³-hybridized carbons (Fsp3) is 0.368.